The number of nitrogen functional groups attached to an aromatic ring is 1. The maximum absolute atomic E-state index is 11.8. The summed E-state index contributed by atoms with van der Waals surface area (Å²) in [6.45, 7) is -0.132. The van der Waals surface area contributed by atoms with E-state index in [1.807, 2.05) is 0 Å². The zero-order chi connectivity index (χ0) is 14.5. The highest BCUT2D eigenvalue weighted by Crippen LogP contribution is 2.24. The van der Waals surface area contributed by atoms with Gasteiger partial charge in [0.2, 0.25) is 0 Å². The standard InChI is InChI=1S/C14H12Cl2N2O2/c15-9-1-4-11(5-2-9)20-8-14(19)18-13-7-10(17)3-6-12(13)16/h1-7H,8,17H2,(H,18,19). The minimum absolute atomic E-state index is 0.132. The molecule has 0 spiro atoms. The molecule has 0 saturated heterocycles. The van der Waals surface area contributed by atoms with Crippen molar-refractivity contribution in [3.05, 3.63) is 52.5 Å². The van der Waals surface area contributed by atoms with Crippen molar-refractivity contribution in [2.75, 3.05) is 17.7 Å². The molecule has 0 aromatic heterocycles. The molecule has 0 radical (unpaired) electrons. The molecular weight excluding hydrogens is 299 g/mol. The molecule has 0 aliphatic rings. The van der Waals surface area contributed by atoms with E-state index in [0.29, 0.717) is 27.2 Å². The van der Waals surface area contributed by atoms with Crippen LogP contribution in [0.25, 0.3) is 0 Å². The number of rotatable bonds is 4. The van der Waals surface area contributed by atoms with E-state index < -0.39 is 0 Å². The average molecular weight is 311 g/mol. The summed E-state index contributed by atoms with van der Waals surface area (Å²) in [6.07, 6.45) is 0. The number of amides is 1. The van der Waals surface area contributed by atoms with Crippen LogP contribution in [-0.2, 0) is 4.79 Å². The molecule has 2 rings (SSSR count). The van der Waals surface area contributed by atoms with E-state index in [2.05, 4.69) is 5.32 Å². The Morgan fingerprint density at radius 1 is 1.15 bits per heavy atom. The second kappa shape index (κ2) is 6.50. The highest BCUT2D eigenvalue weighted by Gasteiger charge is 2.07. The zero-order valence-electron chi connectivity index (χ0n) is 10.4. The summed E-state index contributed by atoms with van der Waals surface area (Å²) in [5.41, 5.74) is 6.60. The van der Waals surface area contributed by atoms with Crippen molar-refractivity contribution in [2.24, 2.45) is 0 Å². The van der Waals surface area contributed by atoms with Gasteiger partial charge < -0.3 is 15.8 Å². The van der Waals surface area contributed by atoms with Crippen LogP contribution in [0, 0.1) is 0 Å². The maximum atomic E-state index is 11.8. The van der Waals surface area contributed by atoms with E-state index in [1.165, 1.54) is 0 Å². The summed E-state index contributed by atoms with van der Waals surface area (Å²) < 4.78 is 5.32. The molecule has 104 valence electrons. The van der Waals surface area contributed by atoms with Crippen molar-refractivity contribution in [1.29, 1.82) is 0 Å². The first-order valence-corrected chi connectivity index (χ1v) is 6.53. The van der Waals surface area contributed by atoms with Crippen LogP contribution in [0.1, 0.15) is 0 Å². The summed E-state index contributed by atoms with van der Waals surface area (Å²) in [7, 11) is 0. The Morgan fingerprint density at radius 2 is 1.85 bits per heavy atom. The molecule has 20 heavy (non-hydrogen) atoms. The fourth-order valence-electron chi connectivity index (χ4n) is 1.50. The third-order valence-electron chi connectivity index (χ3n) is 2.45. The first-order chi connectivity index (χ1) is 9.54. The van der Waals surface area contributed by atoms with Gasteiger partial charge in [0.1, 0.15) is 5.75 Å². The largest absolute Gasteiger partial charge is 0.484 e. The Balaban J connectivity index is 1.92. The maximum Gasteiger partial charge on any atom is 0.262 e. The fraction of sp³-hybridized carbons (Fsp3) is 0.0714. The predicted molar refractivity (Wildman–Crippen MR) is 81.4 cm³/mol. The quantitative estimate of drug-likeness (QED) is 0.848. The van der Waals surface area contributed by atoms with Gasteiger partial charge in [-0.25, -0.2) is 0 Å². The monoisotopic (exact) mass is 310 g/mol. The molecule has 0 unspecified atom stereocenters. The summed E-state index contributed by atoms with van der Waals surface area (Å²) in [4.78, 5) is 11.8. The first-order valence-electron chi connectivity index (χ1n) is 5.78. The first kappa shape index (κ1) is 14.5. The molecule has 0 heterocycles. The molecule has 0 fully saturated rings. The molecule has 1 amide bonds. The van der Waals surface area contributed by atoms with Crippen molar-refractivity contribution in [3.63, 3.8) is 0 Å². The molecule has 0 atom stereocenters. The topological polar surface area (TPSA) is 64.3 Å². The van der Waals surface area contributed by atoms with E-state index in [9.17, 15) is 4.79 Å². The number of ether oxygens (including phenoxy) is 1. The van der Waals surface area contributed by atoms with Gasteiger partial charge in [0, 0.05) is 10.7 Å². The third-order valence-corrected chi connectivity index (χ3v) is 3.03. The molecule has 6 heteroatoms. The molecule has 2 aromatic rings. The molecule has 0 saturated carbocycles. The number of anilines is 2. The number of carbonyl (C=O) groups excluding carboxylic acids is 1. The second-order valence-electron chi connectivity index (χ2n) is 4.03. The number of benzene rings is 2. The molecule has 0 bridgehead atoms. The van der Waals surface area contributed by atoms with Crippen LogP contribution in [0.2, 0.25) is 10.0 Å². The molecular formula is C14H12Cl2N2O2. The Morgan fingerprint density at radius 3 is 2.55 bits per heavy atom. The van der Waals surface area contributed by atoms with Gasteiger partial charge in [-0.2, -0.15) is 0 Å². The van der Waals surface area contributed by atoms with Gasteiger partial charge in [-0.05, 0) is 42.5 Å². The van der Waals surface area contributed by atoms with Crippen LogP contribution in [0.3, 0.4) is 0 Å². The van der Waals surface area contributed by atoms with Crippen LogP contribution < -0.4 is 15.8 Å². The van der Waals surface area contributed by atoms with E-state index in [0.717, 1.165) is 0 Å². The molecule has 4 nitrogen and oxygen atoms in total. The molecule has 3 N–H and O–H groups in total. The normalized spacial score (nSPS) is 10.1. The van der Waals surface area contributed by atoms with Gasteiger partial charge in [-0.15, -0.1) is 0 Å². The highest BCUT2D eigenvalue weighted by molar-refractivity contribution is 6.33. The Hall–Kier alpha value is -1.91. The number of hydrogen-bond donors (Lipinski definition) is 2. The van der Waals surface area contributed by atoms with Gasteiger partial charge in [0.25, 0.3) is 5.91 Å². The molecule has 0 aliphatic carbocycles. The van der Waals surface area contributed by atoms with E-state index in [4.69, 9.17) is 33.7 Å². The smallest absolute Gasteiger partial charge is 0.262 e. The third kappa shape index (κ3) is 4.05. The predicted octanol–water partition coefficient (Wildman–Crippen LogP) is 3.59. The van der Waals surface area contributed by atoms with Crippen molar-refractivity contribution in [2.45, 2.75) is 0 Å². The van der Waals surface area contributed by atoms with Gasteiger partial charge in [0.15, 0.2) is 6.61 Å². The van der Waals surface area contributed by atoms with Crippen molar-refractivity contribution in [3.8, 4) is 5.75 Å². The van der Waals surface area contributed by atoms with Crippen molar-refractivity contribution in [1.82, 2.24) is 0 Å². The van der Waals surface area contributed by atoms with Crippen LogP contribution in [0.4, 0.5) is 11.4 Å². The van der Waals surface area contributed by atoms with Gasteiger partial charge in [-0.1, -0.05) is 23.2 Å². The summed E-state index contributed by atoms with van der Waals surface area (Å²) in [5, 5.41) is 3.65. The fourth-order valence-corrected chi connectivity index (χ4v) is 1.80. The number of nitrogens with one attached hydrogen (secondary N) is 1. The number of carbonyl (C=O) groups is 1. The minimum atomic E-state index is -0.326. The van der Waals surface area contributed by atoms with E-state index in [-0.39, 0.29) is 12.5 Å². The number of hydrogen-bond acceptors (Lipinski definition) is 3. The highest BCUT2D eigenvalue weighted by atomic mass is 35.5. The molecule has 0 aliphatic heterocycles. The summed E-state index contributed by atoms with van der Waals surface area (Å²) >= 11 is 11.7. The zero-order valence-corrected chi connectivity index (χ0v) is 11.9. The average Bonchev–Trinajstić information content (AvgIpc) is 2.42. The Kier molecular flexibility index (Phi) is 4.71. The van der Waals surface area contributed by atoms with Crippen LogP contribution >= 0.6 is 23.2 Å². The van der Waals surface area contributed by atoms with Gasteiger partial charge >= 0.3 is 0 Å². The minimum Gasteiger partial charge on any atom is -0.484 e. The van der Waals surface area contributed by atoms with Crippen molar-refractivity contribution >= 4 is 40.5 Å². The number of nitrogens with two attached hydrogens (primary N) is 1. The van der Waals surface area contributed by atoms with Gasteiger partial charge in [-0.3, -0.25) is 4.79 Å². The summed E-state index contributed by atoms with van der Waals surface area (Å²) in [6, 6.07) is 11.6. The SMILES string of the molecule is Nc1ccc(Cl)c(NC(=O)COc2ccc(Cl)cc2)c1. The van der Waals surface area contributed by atoms with Gasteiger partial charge in [0.05, 0.1) is 10.7 Å². The lowest BCUT2D eigenvalue weighted by Gasteiger charge is -2.09. The second-order valence-corrected chi connectivity index (χ2v) is 4.87. The Bertz CT molecular complexity index is 615. The lowest BCUT2D eigenvalue weighted by atomic mass is 10.3. The Labute approximate surface area is 126 Å². The van der Waals surface area contributed by atoms with Crippen LogP contribution in [0.15, 0.2) is 42.5 Å². The van der Waals surface area contributed by atoms with Crippen LogP contribution in [-0.4, -0.2) is 12.5 Å². The summed E-state index contributed by atoms with van der Waals surface area (Å²) in [5.74, 6) is 0.232. The lowest BCUT2D eigenvalue weighted by molar-refractivity contribution is -0.118. The van der Waals surface area contributed by atoms with E-state index in [1.54, 1.807) is 42.5 Å². The van der Waals surface area contributed by atoms with E-state index >= 15 is 0 Å². The van der Waals surface area contributed by atoms with Crippen molar-refractivity contribution < 1.29 is 9.53 Å². The number of halogens is 2. The lowest BCUT2D eigenvalue weighted by Crippen LogP contribution is -2.20. The molecule has 2 aromatic carbocycles. The van der Waals surface area contributed by atoms with Crippen LogP contribution in [0.5, 0.6) is 5.75 Å².